The number of anilines is 1. The third-order valence-electron chi connectivity index (χ3n) is 4.71. The molecule has 0 spiro atoms. The van der Waals surface area contributed by atoms with Crippen molar-refractivity contribution in [3.8, 4) is 0 Å². The van der Waals surface area contributed by atoms with Gasteiger partial charge in [0.25, 0.3) is 15.9 Å². The minimum atomic E-state index is -3.66. The Bertz CT molecular complexity index is 1000. The van der Waals surface area contributed by atoms with Crippen molar-refractivity contribution in [1.82, 2.24) is 10.6 Å². The highest BCUT2D eigenvalue weighted by Crippen LogP contribution is 2.26. The Hall–Kier alpha value is -2.42. The third-order valence-corrected chi connectivity index (χ3v) is 6.05. The van der Waals surface area contributed by atoms with Gasteiger partial charge in [0, 0.05) is 29.4 Å². The van der Waals surface area contributed by atoms with Crippen molar-refractivity contribution >= 4 is 39.9 Å². The van der Waals surface area contributed by atoms with Gasteiger partial charge in [0.15, 0.2) is 5.84 Å². The molecule has 1 fully saturated rings. The van der Waals surface area contributed by atoms with E-state index >= 15 is 0 Å². The summed E-state index contributed by atoms with van der Waals surface area (Å²) in [5.41, 5.74) is 1.76. The number of amidine groups is 1. The maximum Gasteiger partial charge on any atom is 0.285 e. The van der Waals surface area contributed by atoms with E-state index in [2.05, 4.69) is 20.3 Å². The molecule has 9 heteroatoms. The SMILES string of the molecule is Cl.O=C(NCC1CCCN1)c1ccc(NC2=NS(=O)(=O)c3ccccc32)cc1. The lowest BCUT2D eigenvalue weighted by Gasteiger charge is -2.12. The number of fused-ring (bicyclic) bond motifs is 1. The first-order chi connectivity index (χ1) is 13.0. The number of hydrogen-bond acceptors (Lipinski definition) is 5. The first kappa shape index (κ1) is 20.3. The number of benzene rings is 2. The molecule has 1 amide bonds. The average molecular weight is 421 g/mol. The zero-order chi connectivity index (χ0) is 18.9. The van der Waals surface area contributed by atoms with Gasteiger partial charge in [-0.1, -0.05) is 12.1 Å². The Labute approximate surface area is 170 Å². The van der Waals surface area contributed by atoms with Crippen molar-refractivity contribution in [2.75, 3.05) is 18.4 Å². The molecule has 0 saturated carbocycles. The molecule has 1 unspecified atom stereocenters. The van der Waals surface area contributed by atoms with E-state index in [1.54, 1.807) is 42.5 Å². The van der Waals surface area contributed by atoms with E-state index in [1.165, 1.54) is 6.07 Å². The van der Waals surface area contributed by atoms with Crippen LogP contribution in [0.25, 0.3) is 0 Å². The van der Waals surface area contributed by atoms with Gasteiger partial charge >= 0.3 is 0 Å². The molecule has 1 atom stereocenters. The number of rotatable bonds is 4. The van der Waals surface area contributed by atoms with E-state index < -0.39 is 10.0 Å². The van der Waals surface area contributed by atoms with Gasteiger partial charge in [-0.25, -0.2) is 0 Å². The number of carbonyl (C=O) groups excluding carboxylic acids is 1. The lowest BCUT2D eigenvalue weighted by Crippen LogP contribution is -2.37. The standard InChI is InChI=1S/C19H20N4O3S.ClH/c24-19(21-12-15-4-3-11-20-15)13-7-9-14(10-8-13)22-18-16-5-1-2-6-17(16)27(25,26)23-18;/h1-2,5-10,15,20H,3-4,11-12H2,(H,21,24)(H,22,23);1H. The summed E-state index contributed by atoms with van der Waals surface area (Å²) in [5, 5.41) is 9.30. The van der Waals surface area contributed by atoms with Gasteiger partial charge < -0.3 is 16.0 Å². The Morgan fingerprint density at radius 3 is 2.61 bits per heavy atom. The number of amides is 1. The minimum Gasteiger partial charge on any atom is -0.350 e. The van der Waals surface area contributed by atoms with Crippen LogP contribution in [0.2, 0.25) is 0 Å². The Morgan fingerprint density at radius 1 is 1.14 bits per heavy atom. The van der Waals surface area contributed by atoms with Crippen molar-refractivity contribution in [2.24, 2.45) is 4.40 Å². The third kappa shape index (κ3) is 4.19. The van der Waals surface area contributed by atoms with Crippen molar-refractivity contribution in [2.45, 2.75) is 23.8 Å². The Kier molecular flexibility index (Phi) is 6.02. The fourth-order valence-electron chi connectivity index (χ4n) is 3.29. The summed E-state index contributed by atoms with van der Waals surface area (Å²) in [4.78, 5) is 12.4. The van der Waals surface area contributed by atoms with Crippen LogP contribution in [0.5, 0.6) is 0 Å². The summed E-state index contributed by atoms with van der Waals surface area (Å²) >= 11 is 0. The quantitative estimate of drug-likeness (QED) is 0.703. The summed E-state index contributed by atoms with van der Waals surface area (Å²) in [5.74, 6) is 0.163. The molecule has 4 rings (SSSR count). The van der Waals surface area contributed by atoms with Crippen molar-refractivity contribution in [1.29, 1.82) is 0 Å². The molecule has 2 aliphatic heterocycles. The van der Waals surface area contributed by atoms with E-state index in [-0.39, 0.29) is 29.0 Å². The van der Waals surface area contributed by atoms with Crippen molar-refractivity contribution < 1.29 is 13.2 Å². The molecule has 0 aromatic heterocycles. The molecule has 0 bridgehead atoms. The maximum absolute atomic E-state index is 12.2. The molecule has 2 aromatic rings. The van der Waals surface area contributed by atoms with Crippen LogP contribution in [-0.4, -0.2) is 39.3 Å². The van der Waals surface area contributed by atoms with Crippen LogP contribution < -0.4 is 16.0 Å². The van der Waals surface area contributed by atoms with Crippen molar-refractivity contribution in [3.63, 3.8) is 0 Å². The van der Waals surface area contributed by atoms with Crippen LogP contribution in [0.1, 0.15) is 28.8 Å². The van der Waals surface area contributed by atoms with E-state index in [0.717, 1.165) is 19.4 Å². The number of hydrogen-bond donors (Lipinski definition) is 3. The summed E-state index contributed by atoms with van der Waals surface area (Å²) in [7, 11) is -3.66. The van der Waals surface area contributed by atoms with E-state index in [0.29, 0.717) is 29.4 Å². The molecule has 0 radical (unpaired) electrons. The second-order valence-corrected chi connectivity index (χ2v) is 8.19. The van der Waals surface area contributed by atoms with Gasteiger partial charge in [-0.2, -0.15) is 8.42 Å². The van der Waals surface area contributed by atoms with Gasteiger partial charge in [0.1, 0.15) is 4.90 Å². The molecular weight excluding hydrogens is 400 g/mol. The molecule has 0 aliphatic carbocycles. The first-order valence-electron chi connectivity index (χ1n) is 8.86. The second-order valence-electron chi connectivity index (χ2n) is 6.62. The molecule has 28 heavy (non-hydrogen) atoms. The number of halogens is 1. The fraction of sp³-hybridized carbons (Fsp3) is 0.263. The largest absolute Gasteiger partial charge is 0.350 e. The summed E-state index contributed by atoms with van der Waals surface area (Å²) in [6.07, 6.45) is 2.22. The predicted molar refractivity (Wildman–Crippen MR) is 111 cm³/mol. The average Bonchev–Trinajstić information content (AvgIpc) is 3.27. The van der Waals surface area contributed by atoms with Crippen LogP contribution in [0, 0.1) is 0 Å². The normalized spacial score (nSPS) is 19.3. The molecule has 1 saturated heterocycles. The zero-order valence-electron chi connectivity index (χ0n) is 15.0. The van der Waals surface area contributed by atoms with Crippen LogP contribution in [0.15, 0.2) is 57.8 Å². The topological polar surface area (TPSA) is 99.7 Å². The second kappa shape index (κ2) is 8.30. The number of carbonyl (C=O) groups is 1. The molecule has 7 nitrogen and oxygen atoms in total. The van der Waals surface area contributed by atoms with Crippen LogP contribution in [-0.2, 0) is 10.0 Å². The molecular formula is C19H21ClN4O3S. The number of sulfonamides is 1. The summed E-state index contributed by atoms with van der Waals surface area (Å²) < 4.78 is 28.0. The van der Waals surface area contributed by atoms with Gasteiger partial charge in [-0.05, 0) is 55.8 Å². The highest BCUT2D eigenvalue weighted by atomic mass is 35.5. The predicted octanol–water partition coefficient (Wildman–Crippen LogP) is 2.15. The van der Waals surface area contributed by atoms with E-state index in [9.17, 15) is 13.2 Å². The smallest absolute Gasteiger partial charge is 0.285 e. The van der Waals surface area contributed by atoms with Crippen LogP contribution in [0.4, 0.5) is 5.69 Å². The highest BCUT2D eigenvalue weighted by molar-refractivity contribution is 7.90. The Morgan fingerprint density at radius 2 is 1.89 bits per heavy atom. The molecule has 2 aliphatic rings. The van der Waals surface area contributed by atoms with Gasteiger partial charge in [-0.3, -0.25) is 4.79 Å². The maximum atomic E-state index is 12.2. The lowest BCUT2D eigenvalue weighted by molar-refractivity contribution is 0.0950. The van der Waals surface area contributed by atoms with Gasteiger partial charge in [0.2, 0.25) is 0 Å². The fourth-order valence-corrected chi connectivity index (χ4v) is 4.46. The van der Waals surface area contributed by atoms with Gasteiger partial charge in [0.05, 0.1) is 0 Å². The van der Waals surface area contributed by atoms with Crippen LogP contribution in [0.3, 0.4) is 0 Å². The minimum absolute atomic E-state index is 0. The molecule has 3 N–H and O–H groups in total. The highest BCUT2D eigenvalue weighted by Gasteiger charge is 2.28. The molecule has 2 heterocycles. The lowest BCUT2D eigenvalue weighted by atomic mass is 10.1. The zero-order valence-corrected chi connectivity index (χ0v) is 16.6. The van der Waals surface area contributed by atoms with Crippen LogP contribution >= 0.6 is 12.4 Å². The monoisotopic (exact) mass is 420 g/mol. The van der Waals surface area contributed by atoms with Crippen molar-refractivity contribution in [3.05, 3.63) is 59.7 Å². The van der Waals surface area contributed by atoms with E-state index in [4.69, 9.17) is 0 Å². The summed E-state index contributed by atoms with van der Waals surface area (Å²) in [6, 6.07) is 13.9. The molecule has 148 valence electrons. The Balaban J connectivity index is 0.00000225. The number of nitrogens with one attached hydrogen (secondary N) is 3. The van der Waals surface area contributed by atoms with Gasteiger partial charge in [-0.15, -0.1) is 16.8 Å². The number of nitrogens with zero attached hydrogens (tertiary/aromatic N) is 1. The van der Waals surface area contributed by atoms with E-state index in [1.807, 2.05) is 0 Å². The summed E-state index contributed by atoms with van der Waals surface area (Å²) in [6.45, 7) is 1.62. The first-order valence-corrected chi connectivity index (χ1v) is 10.3. The molecule has 2 aromatic carbocycles.